The van der Waals surface area contributed by atoms with E-state index >= 15 is 0 Å². The Balaban J connectivity index is 1.59. The standard InChI is InChI=1S/C33H37F3N4O3S/c1-21-12-25(30(42)40(3)19-29-39-22(2)20-44-29)16-32(15-21,31(37)43)27(14-23-8-5-4-6-9-23)28(41)18-38-17-24-10-7-11-26(13-24)33(34,35)36/h4-13,15,20,27-28,38,41H,14,16-19H2,1-3H3,(H2,37,43)/t27-,28+,32?/m1/s1. The number of hydrogen-bond acceptors (Lipinski definition) is 6. The van der Waals surface area contributed by atoms with Crippen LogP contribution >= 0.6 is 11.3 Å². The summed E-state index contributed by atoms with van der Waals surface area (Å²) in [4.78, 5) is 33.0. The van der Waals surface area contributed by atoms with Gasteiger partial charge in [-0.05, 0) is 43.9 Å². The fourth-order valence-electron chi connectivity index (χ4n) is 5.75. The molecule has 4 N–H and O–H groups in total. The number of thiazole rings is 1. The van der Waals surface area contributed by atoms with Gasteiger partial charge < -0.3 is 21.1 Å². The van der Waals surface area contributed by atoms with Crippen molar-refractivity contribution in [1.82, 2.24) is 15.2 Å². The van der Waals surface area contributed by atoms with Gasteiger partial charge in [0.25, 0.3) is 0 Å². The van der Waals surface area contributed by atoms with Crippen LogP contribution in [0.4, 0.5) is 13.2 Å². The van der Waals surface area contributed by atoms with E-state index < -0.39 is 35.1 Å². The van der Waals surface area contributed by atoms with Crippen LogP contribution in [-0.4, -0.2) is 46.5 Å². The Kier molecular flexibility index (Phi) is 10.4. The number of benzene rings is 2. The molecule has 1 unspecified atom stereocenters. The van der Waals surface area contributed by atoms with Gasteiger partial charge in [-0.15, -0.1) is 11.3 Å². The fraction of sp³-hybridized carbons (Fsp3) is 0.364. The predicted octanol–water partition coefficient (Wildman–Crippen LogP) is 5.19. The number of halogens is 3. The minimum Gasteiger partial charge on any atom is -0.391 e. The normalized spacial score (nSPS) is 18.2. The zero-order valence-electron chi connectivity index (χ0n) is 24.9. The number of carbonyl (C=O) groups excluding carboxylic acids is 2. The number of carbonyl (C=O) groups is 2. The first-order valence-electron chi connectivity index (χ1n) is 14.2. The second kappa shape index (κ2) is 13.9. The average Bonchev–Trinajstić information content (AvgIpc) is 3.39. The highest BCUT2D eigenvalue weighted by Gasteiger charge is 2.48. The molecule has 0 saturated heterocycles. The van der Waals surface area contributed by atoms with Gasteiger partial charge in [-0.3, -0.25) is 9.59 Å². The molecule has 1 aliphatic rings. The molecule has 0 spiro atoms. The molecule has 3 aromatic rings. The molecule has 0 radical (unpaired) electrons. The van der Waals surface area contributed by atoms with Gasteiger partial charge in [0.05, 0.1) is 23.6 Å². The fourth-order valence-corrected chi connectivity index (χ4v) is 6.57. The number of nitrogens with two attached hydrogens (primary N) is 1. The number of allylic oxidation sites excluding steroid dienone is 2. The quantitative estimate of drug-likeness (QED) is 0.257. The van der Waals surface area contributed by atoms with E-state index in [0.29, 0.717) is 23.3 Å². The third-order valence-electron chi connectivity index (χ3n) is 7.85. The maximum absolute atomic E-state index is 13.6. The number of alkyl halides is 3. The highest BCUT2D eigenvalue weighted by atomic mass is 32.1. The predicted molar refractivity (Wildman–Crippen MR) is 164 cm³/mol. The average molecular weight is 627 g/mol. The number of aliphatic hydroxyl groups is 1. The number of rotatable bonds is 12. The van der Waals surface area contributed by atoms with Crippen molar-refractivity contribution < 1.29 is 27.9 Å². The molecule has 1 heterocycles. The summed E-state index contributed by atoms with van der Waals surface area (Å²) in [5, 5.41) is 17.4. The Hall–Kier alpha value is -3.80. The SMILES string of the molecule is CC1=CC(C(N)=O)([C@H](Cc2ccccc2)[C@@H](O)CNCc2cccc(C(F)(F)F)c2)CC(C(=O)N(C)Cc2nc(C)cs2)=C1. The summed E-state index contributed by atoms with van der Waals surface area (Å²) in [5.41, 5.74) is 7.14. The molecule has 0 saturated carbocycles. The zero-order chi connectivity index (χ0) is 32.1. The topological polar surface area (TPSA) is 109 Å². The monoisotopic (exact) mass is 626 g/mol. The van der Waals surface area contributed by atoms with Crippen LogP contribution in [0.1, 0.15) is 40.7 Å². The van der Waals surface area contributed by atoms with Crippen molar-refractivity contribution in [3.05, 3.63) is 111 Å². The number of aryl methyl sites for hydroxylation is 1. The Bertz CT molecular complexity index is 1540. The van der Waals surface area contributed by atoms with Gasteiger partial charge in [0.15, 0.2) is 0 Å². The molecule has 0 fully saturated rings. The molecule has 1 aliphatic carbocycles. The first-order valence-corrected chi connectivity index (χ1v) is 15.1. The van der Waals surface area contributed by atoms with Crippen molar-refractivity contribution in [3.63, 3.8) is 0 Å². The first-order chi connectivity index (χ1) is 20.8. The minimum atomic E-state index is -4.47. The molecule has 7 nitrogen and oxygen atoms in total. The first kappa shape index (κ1) is 33.1. The number of likely N-dealkylation sites (N-methyl/N-ethyl adjacent to an activating group) is 1. The zero-order valence-corrected chi connectivity index (χ0v) is 25.7. The van der Waals surface area contributed by atoms with Gasteiger partial charge in [-0.1, -0.05) is 66.3 Å². The molecule has 11 heteroatoms. The Morgan fingerprint density at radius 1 is 1.14 bits per heavy atom. The van der Waals surface area contributed by atoms with Crippen LogP contribution in [0.3, 0.4) is 0 Å². The van der Waals surface area contributed by atoms with Crippen molar-refractivity contribution in [2.24, 2.45) is 17.1 Å². The van der Waals surface area contributed by atoms with E-state index in [1.54, 1.807) is 37.1 Å². The molecule has 4 rings (SSSR count). The number of amides is 2. The van der Waals surface area contributed by atoms with Gasteiger partial charge in [0, 0.05) is 42.7 Å². The van der Waals surface area contributed by atoms with E-state index in [0.717, 1.165) is 28.4 Å². The summed E-state index contributed by atoms with van der Waals surface area (Å²) >= 11 is 1.46. The molecule has 2 amide bonds. The largest absolute Gasteiger partial charge is 0.416 e. The van der Waals surface area contributed by atoms with Gasteiger partial charge in [-0.25, -0.2) is 4.98 Å². The lowest BCUT2D eigenvalue weighted by atomic mass is 9.63. The minimum absolute atomic E-state index is 0.0120. The Morgan fingerprint density at radius 2 is 1.84 bits per heavy atom. The molecule has 2 aromatic carbocycles. The van der Waals surface area contributed by atoms with Crippen LogP contribution in [0, 0.1) is 18.3 Å². The maximum Gasteiger partial charge on any atom is 0.416 e. The second-order valence-electron chi connectivity index (χ2n) is 11.4. The smallest absolute Gasteiger partial charge is 0.391 e. The lowest BCUT2D eigenvalue weighted by Gasteiger charge is -2.41. The van der Waals surface area contributed by atoms with Crippen LogP contribution in [0.25, 0.3) is 0 Å². The van der Waals surface area contributed by atoms with E-state index in [2.05, 4.69) is 10.3 Å². The van der Waals surface area contributed by atoms with Crippen molar-refractivity contribution in [2.75, 3.05) is 13.6 Å². The van der Waals surface area contributed by atoms with E-state index in [1.807, 2.05) is 42.6 Å². The number of aliphatic hydroxyl groups excluding tert-OH is 1. The van der Waals surface area contributed by atoms with Gasteiger partial charge in [0.1, 0.15) is 5.01 Å². The number of nitrogens with one attached hydrogen (secondary N) is 1. The molecule has 3 atom stereocenters. The van der Waals surface area contributed by atoms with Gasteiger partial charge in [0.2, 0.25) is 11.8 Å². The molecular weight excluding hydrogens is 589 g/mol. The van der Waals surface area contributed by atoms with Crippen LogP contribution in [0.5, 0.6) is 0 Å². The number of aromatic nitrogens is 1. The van der Waals surface area contributed by atoms with Crippen molar-refractivity contribution in [3.8, 4) is 0 Å². The number of primary amides is 1. The maximum atomic E-state index is 13.6. The van der Waals surface area contributed by atoms with Crippen molar-refractivity contribution in [1.29, 1.82) is 0 Å². The van der Waals surface area contributed by atoms with Crippen LogP contribution in [0.2, 0.25) is 0 Å². The lowest BCUT2D eigenvalue weighted by Crippen LogP contribution is -2.51. The van der Waals surface area contributed by atoms with E-state index in [9.17, 15) is 27.9 Å². The summed E-state index contributed by atoms with van der Waals surface area (Å²) in [6.45, 7) is 4.02. The summed E-state index contributed by atoms with van der Waals surface area (Å²) in [6, 6.07) is 14.3. The van der Waals surface area contributed by atoms with Crippen molar-refractivity contribution in [2.45, 2.75) is 52.1 Å². The van der Waals surface area contributed by atoms with E-state index in [-0.39, 0.29) is 31.8 Å². The summed E-state index contributed by atoms with van der Waals surface area (Å²) in [5.74, 6) is -1.70. The highest BCUT2D eigenvalue weighted by molar-refractivity contribution is 7.09. The molecule has 44 heavy (non-hydrogen) atoms. The Morgan fingerprint density at radius 3 is 2.48 bits per heavy atom. The number of hydrogen-bond donors (Lipinski definition) is 3. The van der Waals surface area contributed by atoms with Crippen molar-refractivity contribution >= 4 is 23.2 Å². The van der Waals surface area contributed by atoms with Crippen LogP contribution in [-0.2, 0) is 35.3 Å². The molecule has 0 bridgehead atoms. The van der Waals surface area contributed by atoms with Crippen LogP contribution < -0.4 is 11.1 Å². The summed E-state index contributed by atoms with van der Waals surface area (Å²) in [6.07, 6.45) is -1.86. The lowest BCUT2D eigenvalue weighted by molar-refractivity contribution is -0.137. The van der Waals surface area contributed by atoms with Gasteiger partial charge >= 0.3 is 6.18 Å². The third-order valence-corrected chi connectivity index (χ3v) is 8.80. The molecule has 234 valence electrons. The third kappa shape index (κ3) is 8.02. The number of nitrogens with zero attached hydrogens (tertiary/aromatic N) is 2. The highest BCUT2D eigenvalue weighted by Crippen LogP contribution is 2.44. The molecule has 0 aliphatic heterocycles. The summed E-state index contributed by atoms with van der Waals surface area (Å²) < 4.78 is 39.6. The molecular formula is C33H37F3N4O3S. The van der Waals surface area contributed by atoms with Crippen LogP contribution in [0.15, 0.2) is 83.3 Å². The van der Waals surface area contributed by atoms with Gasteiger partial charge in [-0.2, -0.15) is 13.2 Å². The molecule has 1 aromatic heterocycles. The summed E-state index contributed by atoms with van der Waals surface area (Å²) in [7, 11) is 1.67. The van der Waals surface area contributed by atoms with E-state index in [1.165, 1.54) is 17.4 Å². The Labute approximate surface area is 259 Å². The van der Waals surface area contributed by atoms with E-state index in [4.69, 9.17) is 5.73 Å². The second-order valence-corrected chi connectivity index (χ2v) is 12.3.